The van der Waals surface area contributed by atoms with Gasteiger partial charge in [0.1, 0.15) is 11.0 Å². The Morgan fingerprint density at radius 3 is 2.71 bits per heavy atom. The van der Waals surface area contributed by atoms with Crippen molar-refractivity contribution in [3.63, 3.8) is 0 Å². The summed E-state index contributed by atoms with van der Waals surface area (Å²) in [7, 11) is 0. The molecule has 6 rings (SSSR count). The zero-order valence-corrected chi connectivity index (χ0v) is 19.4. The van der Waals surface area contributed by atoms with Gasteiger partial charge < -0.3 is 15.2 Å². The molecule has 0 unspecified atom stereocenters. The van der Waals surface area contributed by atoms with Gasteiger partial charge in [-0.2, -0.15) is 5.10 Å². The van der Waals surface area contributed by atoms with Crippen LogP contribution in [0.3, 0.4) is 0 Å². The number of hydrogen-bond acceptors (Lipinski definition) is 7. The number of carbonyl (C=O) groups is 1. The van der Waals surface area contributed by atoms with E-state index in [0.717, 1.165) is 46.6 Å². The van der Waals surface area contributed by atoms with Gasteiger partial charge in [0.15, 0.2) is 11.5 Å². The number of H-pyrrole nitrogens is 2. The fraction of sp³-hybridized carbons (Fsp3) is 0.280. The number of aromatic nitrogens is 7. The Balaban J connectivity index is 1.39. The highest BCUT2D eigenvalue weighted by molar-refractivity contribution is 5.95. The molecule has 6 heterocycles. The molecule has 5 aromatic heterocycles. The molecule has 1 aliphatic heterocycles. The van der Waals surface area contributed by atoms with Gasteiger partial charge in [-0.1, -0.05) is 6.92 Å². The molecule has 10 nitrogen and oxygen atoms in total. The summed E-state index contributed by atoms with van der Waals surface area (Å²) in [6.45, 7) is 3.85. The van der Waals surface area contributed by atoms with Gasteiger partial charge in [-0.3, -0.25) is 19.9 Å². The average molecular weight is 468 g/mol. The number of nitrogens with one attached hydrogen (secondary N) is 3. The second-order valence-electron chi connectivity index (χ2n) is 8.72. The topological polar surface area (TPSA) is 128 Å². The predicted molar refractivity (Wildman–Crippen MR) is 135 cm³/mol. The van der Waals surface area contributed by atoms with Crippen molar-refractivity contribution in [1.29, 1.82) is 0 Å². The maximum Gasteiger partial charge on any atom is 0.224 e. The lowest BCUT2D eigenvalue weighted by atomic mass is 10.1. The van der Waals surface area contributed by atoms with Crippen LogP contribution in [0, 0.1) is 0 Å². The molecule has 0 spiro atoms. The van der Waals surface area contributed by atoms with Crippen molar-refractivity contribution in [2.24, 2.45) is 0 Å². The zero-order valence-electron chi connectivity index (χ0n) is 19.4. The fourth-order valence-corrected chi connectivity index (χ4v) is 4.52. The van der Waals surface area contributed by atoms with Crippen LogP contribution in [0.15, 0.2) is 43.0 Å². The molecule has 0 aromatic carbocycles. The van der Waals surface area contributed by atoms with Crippen molar-refractivity contribution in [3.05, 3.63) is 43.0 Å². The first-order valence-corrected chi connectivity index (χ1v) is 11.9. The number of nitrogens with zero attached hydrogens (tertiary/aromatic N) is 6. The van der Waals surface area contributed by atoms with E-state index in [1.165, 1.54) is 19.3 Å². The molecule has 176 valence electrons. The highest BCUT2D eigenvalue weighted by Gasteiger charge is 2.20. The summed E-state index contributed by atoms with van der Waals surface area (Å²) < 4.78 is 0. The summed E-state index contributed by atoms with van der Waals surface area (Å²) in [4.78, 5) is 36.0. The SMILES string of the molecule is CCC(=O)Nc1cncc(-c2ccc3[nH]nc(-c4nc5c(N6CCCCC6)cncc5[nH]4)c3n2)c1. The number of imidazole rings is 1. The molecule has 0 radical (unpaired) electrons. The van der Waals surface area contributed by atoms with Gasteiger partial charge in [-0.15, -0.1) is 0 Å². The van der Waals surface area contributed by atoms with Crippen LogP contribution in [0.25, 0.3) is 44.8 Å². The van der Waals surface area contributed by atoms with E-state index in [1.54, 1.807) is 18.6 Å². The minimum Gasteiger partial charge on any atom is -0.368 e. The predicted octanol–water partition coefficient (Wildman–Crippen LogP) is 4.30. The van der Waals surface area contributed by atoms with Crippen molar-refractivity contribution in [2.75, 3.05) is 23.3 Å². The first-order valence-electron chi connectivity index (χ1n) is 11.9. The van der Waals surface area contributed by atoms with E-state index in [1.807, 2.05) is 31.3 Å². The lowest BCUT2D eigenvalue weighted by molar-refractivity contribution is -0.115. The number of anilines is 2. The summed E-state index contributed by atoms with van der Waals surface area (Å²) in [6, 6.07) is 5.71. The Labute approximate surface area is 201 Å². The number of amides is 1. The van der Waals surface area contributed by atoms with Gasteiger partial charge in [0.25, 0.3) is 0 Å². The molecule has 0 bridgehead atoms. The van der Waals surface area contributed by atoms with Crippen LogP contribution >= 0.6 is 0 Å². The summed E-state index contributed by atoms with van der Waals surface area (Å²) in [6.07, 6.45) is 11.1. The third-order valence-electron chi connectivity index (χ3n) is 6.34. The van der Waals surface area contributed by atoms with Crippen LogP contribution in [0.2, 0.25) is 0 Å². The van der Waals surface area contributed by atoms with E-state index in [2.05, 4.69) is 35.4 Å². The van der Waals surface area contributed by atoms with Crippen molar-refractivity contribution in [1.82, 2.24) is 35.1 Å². The lowest BCUT2D eigenvalue weighted by Gasteiger charge is -2.28. The maximum absolute atomic E-state index is 11.8. The number of rotatable bonds is 5. The molecule has 5 aromatic rings. The molecule has 0 aliphatic carbocycles. The standard InChI is InChI=1S/C25H25N9O/c1-2-21(35)28-16-10-15(11-26-12-16)17-6-7-18-23(29-17)24(33-32-18)25-30-19-13-27-14-20(22(19)31-25)34-8-4-3-5-9-34/h6-7,10-14H,2-5,8-9H2,1H3,(H,28,35)(H,30,31)(H,32,33). The number of carbonyl (C=O) groups excluding carboxylic acids is 1. The number of pyridine rings is 3. The van der Waals surface area contributed by atoms with Crippen molar-refractivity contribution < 1.29 is 4.79 Å². The van der Waals surface area contributed by atoms with Gasteiger partial charge >= 0.3 is 0 Å². The van der Waals surface area contributed by atoms with E-state index in [4.69, 9.17) is 9.97 Å². The normalized spacial score (nSPS) is 14.0. The van der Waals surface area contributed by atoms with E-state index < -0.39 is 0 Å². The molecule has 3 N–H and O–H groups in total. The Hall–Kier alpha value is -4.34. The Morgan fingerprint density at radius 1 is 1.00 bits per heavy atom. The summed E-state index contributed by atoms with van der Waals surface area (Å²) in [5.41, 5.74) is 7.15. The molecule has 0 saturated carbocycles. The summed E-state index contributed by atoms with van der Waals surface area (Å²) in [5, 5.41) is 10.4. The van der Waals surface area contributed by atoms with E-state index in [0.29, 0.717) is 29.1 Å². The maximum atomic E-state index is 11.8. The summed E-state index contributed by atoms with van der Waals surface area (Å²) >= 11 is 0. The zero-order chi connectivity index (χ0) is 23.8. The number of fused-ring (bicyclic) bond motifs is 2. The minimum absolute atomic E-state index is 0.0622. The van der Waals surface area contributed by atoms with Gasteiger partial charge in [0.2, 0.25) is 5.91 Å². The van der Waals surface area contributed by atoms with Gasteiger partial charge in [-0.05, 0) is 37.5 Å². The minimum atomic E-state index is -0.0622. The smallest absolute Gasteiger partial charge is 0.224 e. The van der Waals surface area contributed by atoms with Crippen molar-refractivity contribution in [2.45, 2.75) is 32.6 Å². The van der Waals surface area contributed by atoms with Crippen LogP contribution in [0.4, 0.5) is 11.4 Å². The van der Waals surface area contributed by atoms with Gasteiger partial charge in [-0.25, -0.2) is 9.97 Å². The molecule has 10 heteroatoms. The first kappa shape index (κ1) is 21.2. The quantitative estimate of drug-likeness (QED) is 0.351. The monoisotopic (exact) mass is 467 g/mol. The number of hydrogen-bond donors (Lipinski definition) is 3. The molecule has 1 saturated heterocycles. The second kappa shape index (κ2) is 8.79. The van der Waals surface area contributed by atoms with Crippen molar-refractivity contribution >= 4 is 39.3 Å². The molecular formula is C25H25N9O. The average Bonchev–Trinajstić information content (AvgIpc) is 3.53. The fourth-order valence-electron chi connectivity index (χ4n) is 4.52. The second-order valence-corrected chi connectivity index (χ2v) is 8.72. The highest BCUT2D eigenvalue weighted by Crippen LogP contribution is 2.31. The van der Waals surface area contributed by atoms with E-state index >= 15 is 0 Å². The Kier molecular flexibility index (Phi) is 5.32. The van der Waals surface area contributed by atoms with Crippen LogP contribution in [-0.4, -0.2) is 54.1 Å². The third kappa shape index (κ3) is 3.96. The molecular weight excluding hydrogens is 442 g/mol. The molecule has 1 fully saturated rings. The molecule has 1 amide bonds. The molecule has 0 atom stereocenters. The van der Waals surface area contributed by atoms with Crippen LogP contribution in [-0.2, 0) is 4.79 Å². The van der Waals surface area contributed by atoms with Crippen LogP contribution in [0.1, 0.15) is 32.6 Å². The lowest BCUT2D eigenvalue weighted by Crippen LogP contribution is -2.29. The van der Waals surface area contributed by atoms with E-state index in [-0.39, 0.29) is 5.91 Å². The number of aromatic amines is 2. The Bertz CT molecular complexity index is 1530. The Morgan fingerprint density at radius 2 is 1.86 bits per heavy atom. The first-order chi connectivity index (χ1) is 17.2. The third-order valence-corrected chi connectivity index (χ3v) is 6.34. The van der Waals surface area contributed by atoms with E-state index in [9.17, 15) is 4.79 Å². The summed E-state index contributed by atoms with van der Waals surface area (Å²) in [5.74, 6) is 0.581. The van der Waals surface area contributed by atoms with Gasteiger partial charge in [0, 0.05) is 31.3 Å². The van der Waals surface area contributed by atoms with Crippen LogP contribution < -0.4 is 10.2 Å². The van der Waals surface area contributed by atoms with Crippen molar-refractivity contribution in [3.8, 4) is 22.8 Å². The molecule has 1 aliphatic rings. The molecule has 35 heavy (non-hydrogen) atoms. The largest absolute Gasteiger partial charge is 0.368 e. The number of piperidine rings is 1. The van der Waals surface area contributed by atoms with Crippen LogP contribution in [0.5, 0.6) is 0 Å². The van der Waals surface area contributed by atoms with Gasteiger partial charge in [0.05, 0.1) is 46.7 Å². The highest BCUT2D eigenvalue weighted by atomic mass is 16.1.